The van der Waals surface area contributed by atoms with E-state index in [0.29, 0.717) is 11.3 Å². The predicted molar refractivity (Wildman–Crippen MR) is 105 cm³/mol. The largest absolute Gasteiger partial charge is 0.451 e. The standard InChI is InChI=1S/C20H15N3O2S/c24-19(18-11-14-3-1-2-4-17(14)25-18)22-15-7-5-13(6-8-15)16-12-26-20-21-9-10-23(16)20/h1-8,11-12H,9-10H2,(H,22,24). The third-order valence-corrected chi connectivity index (χ3v) is 5.36. The maximum atomic E-state index is 12.4. The van der Waals surface area contributed by atoms with Gasteiger partial charge >= 0.3 is 0 Å². The summed E-state index contributed by atoms with van der Waals surface area (Å²) in [6.07, 6.45) is 0. The maximum absolute atomic E-state index is 12.4. The number of anilines is 1. The molecule has 2 aliphatic rings. The number of carbonyl (C=O) groups excluding carboxylic acids is 1. The summed E-state index contributed by atoms with van der Waals surface area (Å²) in [5.41, 5.74) is 3.73. The Kier molecular flexibility index (Phi) is 3.57. The smallest absolute Gasteiger partial charge is 0.291 e. The molecule has 6 heteroatoms. The number of carbonyl (C=O) groups is 1. The van der Waals surface area contributed by atoms with E-state index in [4.69, 9.17) is 4.42 Å². The number of furan rings is 1. The highest BCUT2D eigenvalue weighted by molar-refractivity contribution is 8.16. The van der Waals surface area contributed by atoms with Gasteiger partial charge in [0.15, 0.2) is 10.9 Å². The maximum Gasteiger partial charge on any atom is 0.291 e. The number of nitrogens with one attached hydrogen (secondary N) is 1. The van der Waals surface area contributed by atoms with E-state index in [0.717, 1.165) is 34.9 Å². The van der Waals surface area contributed by atoms with Crippen molar-refractivity contribution in [3.8, 4) is 0 Å². The lowest BCUT2D eigenvalue weighted by molar-refractivity contribution is 0.0998. The number of para-hydroxylation sites is 1. The Bertz CT molecular complexity index is 1030. The second-order valence-corrected chi connectivity index (χ2v) is 6.95. The van der Waals surface area contributed by atoms with Crippen molar-refractivity contribution < 1.29 is 9.21 Å². The molecule has 128 valence electrons. The molecule has 0 saturated heterocycles. The number of amides is 1. The number of nitrogens with zero attached hydrogens (tertiary/aromatic N) is 2. The molecular weight excluding hydrogens is 346 g/mol. The van der Waals surface area contributed by atoms with Crippen LogP contribution in [0.25, 0.3) is 16.7 Å². The van der Waals surface area contributed by atoms with E-state index in [-0.39, 0.29) is 5.91 Å². The molecule has 5 nitrogen and oxygen atoms in total. The van der Waals surface area contributed by atoms with Crippen LogP contribution >= 0.6 is 11.8 Å². The normalized spacial score (nSPS) is 15.8. The molecule has 0 unspecified atom stereocenters. The molecule has 3 aromatic rings. The van der Waals surface area contributed by atoms with Crippen LogP contribution in [0.15, 0.2) is 69.4 Å². The summed E-state index contributed by atoms with van der Waals surface area (Å²) in [5.74, 6) is 0.0571. The summed E-state index contributed by atoms with van der Waals surface area (Å²) in [4.78, 5) is 19.1. The Morgan fingerprint density at radius 1 is 1.15 bits per heavy atom. The van der Waals surface area contributed by atoms with Gasteiger partial charge in [0.05, 0.1) is 12.2 Å². The molecule has 3 heterocycles. The van der Waals surface area contributed by atoms with E-state index in [1.807, 2.05) is 48.5 Å². The third kappa shape index (κ3) is 2.59. The van der Waals surface area contributed by atoms with E-state index in [1.54, 1.807) is 17.8 Å². The lowest BCUT2D eigenvalue weighted by Crippen LogP contribution is -2.19. The molecule has 1 aromatic heterocycles. The minimum Gasteiger partial charge on any atom is -0.451 e. The van der Waals surface area contributed by atoms with Gasteiger partial charge in [0, 0.05) is 23.0 Å². The number of benzene rings is 2. The van der Waals surface area contributed by atoms with Crippen LogP contribution in [0, 0.1) is 0 Å². The molecule has 0 fully saturated rings. The first-order chi connectivity index (χ1) is 12.8. The number of thioether (sulfide) groups is 1. The van der Waals surface area contributed by atoms with Gasteiger partial charge in [0.1, 0.15) is 5.58 Å². The molecule has 2 aliphatic heterocycles. The van der Waals surface area contributed by atoms with Gasteiger partial charge in [-0.1, -0.05) is 42.1 Å². The third-order valence-electron chi connectivity index (χ3n) is 4.46. The van der Waals surface area contributed by atoms with Gasteiger partial charge in [0.25, 0.3) is 5.91 Å². The van der Waals surface area contributed by atoms with Crippen LogP contribution in [0.1, 0.15) is 16.1 Å². The lowest BCUT2D eigenvalue weighted by atomic mass is 10.1. The van der Waals surface area contributed by atoms with Gasteiger partial charge in [-0.05, 0) is 29.8 Å². The number of fused-ring (bicyclic) bond motifs is 2. The summed E-state index contributed by atoms with van der Waals surface area (Å²) in [7, 11) is 0. The molecule has 1 N–H and O–H groups in total. The van der Waals surface area contributed by atoms with E-state index in [1.165, 1.54) is 5.70 Å². The Morgan fingerprint density at radius 3 is 2.85 bits per heavy atom. The SMILES string of the molecule is O=C(Nc1ccc(C2=CSC3=NCCN23)cc1)c1cc2ccccc2o1. The van der Waals surface area contributed by atoms with Crippen LogP contribution in [-0.4, -0.2) is 29.1 Å². The summed E-state index contributed by atoms with van der Waals surface area (Å²) < 4.78 is 5.61. The van der Waals surface area contributed by atoms with Gasteiger partial charge in [-0.3, -0.25) is 9.79 Å². The average molecular weight is 361 g/mol. The topological polar surface area (TPSA) is 57.8 Å². The predicted octanol–water partition coefficient (Wildman–Crippen LogP) is 4.40. The summed E-state index contributed by atoms with van der Waals surface area (Å²) >= 11 is 1.66. The zero-order valence-corrected chi connectivity index (χ0v) is 14.6. The highest BCUT2D eigenvalue weighted by atomic mass is 32.2. The minimum absolute atomic E-state index is 0.251. The molecule has 0 atom stereocenters. The van der Waals surface area contributed by atoms with Gasteiger partial charge < -0.3 is 14.6 Å². The van der Waals surface area contributed by atoms with Crippen molar-refractivity contribution in [2.24, 2.45) is 4.99 Å². The fourth-order valence-corrected chi connectivity index (χ4v) is 4.12. The molecular formula is C20H15N3O2S. The van der Waals surface area contributed by atoms with Gasteiger partial charge in [-0.15, -0.1) is 0 Å². The number of aliphatic imine (C=N–C) groups is 1. The molecule has 0 bridgehead atoms. The highest BCUT2D eigenvalue weighted by Gasteiger charge is 2.26. The van der Waals surface area contributed by atoms with Crippen molar-refractivity contribution in [2.45, 2.75) is 0 Å². The minimum atomic E-state index is -0.251. The first kappa shape index (κ1) is 15.3. The Balaban J connectivity index is 1.33. The first-order valence-corrected chi connectivity index (χ1v) is 9.25. The average Bonchev–Trinajstić information content (AvgIpc) is 3.37. The van der Waals surface area contributed by atoms with E-state index < -0.39 is 0 Å². The van der Waals surface area contributed by atoms with Crippen LogP contribution < -0.4 is 5.32 Å². The van der Waals surface area contributed by atoms with Gasteiger partial charge in [0.2, 0.25) is 0 Å². The van der Waals surface area contributed by atoms with Crippen LogP contribution in [0.3, 0.4) is 0 Å². The van der Waals surface area contributed by atoms with Crippen LogP contribution in [0.5, 0.6) is 0 Å². The highest BCUT2D eigenvalue weighted by Crippen LogP contribution is 2.35. The molecule has 0 radical (unpaired) electrons. The van der Waals surface area contributed by atoms with Gasteiger partial charge in [-0.25, -0.2) is 0 Å². The van der Waals surface area contributed by atoms with Crippen LogP contribution in [0.2, 0.25) is 0 Å². The first-order valence-electron chi connectivity index (χ1n) is 8.37. The number of rotatable bonds is 3. The van der Waals surface area contributed by atoms with Crippen LogP contribution in [-0.2, 0) is 0 Å². The zero-order valence-electron chi connectivity index (χ0n) is 13.8. The lowest BCUT2D eigenvalue weighted by Gasteiger charge is -2.16. The molecule has 0 spiro atoms. The Morgan fingerprint density at radius 2 is 2.00 bits per heavy atom. The van der Waals surface area contributed by atoms with Crippen molar-refractivity contribution in [3.05, 3.63) is 71.3 Å². The van der Waals surface area contributed by atoms with Crippen LogP contribution in [0.4, 0.5) is 5.69 Å². The van der Waals surface area contributed by atoms with E-state index in [2.05, 4.69) is 20.6 Å². The van der Waals surface area contributed by atoms with Crippen molar-refractivity contribution in [2.75, 3.05) is 18.4 Å². The number of hydrogen-bond acceptors (Lipinski definition) is 5. The molecule has 26 heavy (non-hydrogen) atoms. The zero-order chi connectivity index (χ0) is 17.5. The molecule has 0 aliphatic carbocycles. The van der Waals surface area contributed by atoms with Gasteiger partial charge in [-0.2, -0.15) is 0 Å². The molecule has 2 aromatic carbocycles. The Labute approximate surface area is 154 Å². The number of amidine groups is 1. The molecule has 5 rings (SSSR count). The number of hydrogen-bond donors (Lipinski definition) is 1. The van der Waals surface area contributed by atoms with E-state index >= 15 is 0 Å². The van der Waals surface area contributed by atoms with Crippen molar-refractivity contribution >= 4 is 45.2 Å². The molecule has 1 amide bonds. The quantitative estimate of drug-likeness (QED) is 0.751. The fourth-order valence-electron chi connectivity index (χ4n) is 3.16. The summed E-state index contributed by atoms with van der Waals surface area (Å²) in [5, 5.41) is 7.00. The Hall–Kier alpha value is -2.99. The summed E-state index contributed by atoms with van der Waals surface area (Å²) in [6.45, 7) is 1.78. The summed E-state index contributed by atoms with van der Waals surface area (Å²) in [6, 6.07) is 17.2. The van der Waals surface area contributed by atoms with Crippen molar-refractivity contribution in [1.29, 1.82) is 0 Å². The fraction of sp³-hybridized carbons (Fsp3) is 0.100. The van der Waals surface area contributed by atoms with E-state index in [9.17, 15) is 4.79 Å². The van der Waals surface area contributed by atoms with Crippen molar-refractivity contribution in [3.63, 3.8) is 0 Å². The monoisotopic (exact) mass is 361 g/mol. The molecule has 0 saturated carbocycles. The second-order valence-electron chi connectivity index (χ2n) is 6.12. The second kappa shape index (κ2) is 6.07. The van der Waals surface area contributed by atoms with Crippen molar-refractivity contribution in [1.82, 2.24) is 4.90 Å².